The summed E-state index contributed by atoms with van der Waals surface area (Å²) >= 11 is 0. The summed E-state index contributed by atoms with van der Waals surface area (Å²) in [6.45, 7) is 6.40. The molecule has 0 spiro atoms. The minimum atomic E-state index is -0.365. The van der Waals surface area contributed by atoms with Crippen LogP contribution in [0.4, 0.5) is 5.69 Å². The van der Waals surface area contributed by atoms with Crippen molar-refractivity contribution in [1.82, 2.24) is 0 Å². The van der Waals surface area contributed by atoms with Crippen LogP contribution in [0.1, 0.15) is 61.4 Å². The highest BCUT2D eigenvalue weighted by Gasteiger charge is 2.54. The van der Waals surface area contributed by atoms with Crippen LogP contribution in [0.2, 0.25) is 0 Å². The fraction of sp³-hybridized carbons (Fsp3) is 0.333. The highest BCUT2D eigenvalue weighted by Crippen LogP contribution is 2.55. The second kappa shape index (κ2) is 10.0. The van der Waals surface area contributed by atoms with E-state index in [0.29, 0.717) is 29.0 Å². The third-order valence-corrected chi connectivity index (χ3v) is 8.55. The predicted molar refractivity (Wildman–Crippen MR) is 157 cm³/mol. The molecule has 6 nitrogen and oxygen atoms in total. The molecular weight excluding hydrogens is 490 g/mol. The van der Waals surface area contributed by atoms with Gasteiger partial charge in [-0.05, 0) is 96.3 Å². The summed E-state index contributed by atoms with van der Waals surface area (Å²) in [5.41, 5.74) is 9.64. The minimum Gasteiger partial charge on any atom is -0.507 e. The van der Waals surface area contributed by atoms with E-state index in [1.807, 2.05) is 36.4 Å². The molecule has 204 valence electrons. The highest BCUT2D eigenvalue weighted by atomic mass is 16.5. The Hall–Kier alpha value is -3.90. The van der Waals surface area contributed by atoms with Crippen LogP contribution >= 0.6 is 0 Å². The molecule has 0 bridgehead atoms. The number of phenolic OH excluding ortho intramolecular Hbond substituents is 2. The lowest BCUT2D eigenvalue weighted by Gasteiger charge is -2.55. The van der Waals surface area contributed by atoms with Gasteiger partial charge in [-0.3, -0.25) is 0 Å². The summed E-state index contributed by atoms with van der Waals surface area (Å²) in [5.74, 6) is 1.57. The van der Waals surface area contributed by atoms with E-state index in [-0.39, 0.29) is 34.5 Å². The first-order chi connectivity index (χ1) is 18.5. The van der Waals surface area contributed by atoms with Crippen LogP contribution in [0.5, 0.6) is 23.0 Å². The van der Waals surface area contributed by atoms with Gasteiger partial charge in [-0.2, -0.15) is 0 Å². The van der Waals surface area contributed by atoms with Crippen molar-refractivity contribution >= 4 is 30.0 Å². The number of nitrogens with two attached hydrogens (primary N) is 1. The van der Waals surface area contributed by atoms with Crippen LogP contribution in [-0.2, 0) is 6.42 Å². The maximum absolute atomic E-state index is 10.7. The molecule has 3 aromatic rings. The molecule has 0 unspecified atom stereocenters. The Labute approximate surface area is 230 Å². The van der Waals surface area contributed by atoms with Crippen LogP contribution < -0.4 is 15.2 Å². The molecule has 0 amide bonds. The normalized spacial score (nSPS) is 23.8. The average Bonchev–Trinajstić information content (AvgIpc) is 2.89. The summed E-state index contributed by atoms with van der Waals surface area (Å²) in [6, 6.07) is 14.6. The summed E-state index contributed by atoms with van der Waals surface area (Å²) in [7, 11) is 1.64. The zero-order valence-electron chi connectivity index (χ0n) is 22.9. The van der Waals surface area contributed by atoms with Gasteiger partial charge in [0.2, 0.25) is 0 Å². The van der Waals surface area contributed by atoms with Crippen molar-refractivity contribution < 1.29 is 24.8 Å². The molecule has 2 aliphatic rings. The van der Waals surface area contributed by atoms with Gasteiger partial charge < -0.3 is 30.5 Å². The SMILES string of the molecule is COc1cc(C=Cc2cc(O)c(C=Cc3ccc(N)cc3)c(O)c2)cc2c1O[C@]1(C)CC[C@@H](O)C(C)(C)[C@H]1C2. The second-order valence-electron chi connectivity index (χ2n) is 11.6. The molecule has 3 aromatic carbocycles. The van der Waals surface area contributed by atoms with E-state index >= 15 is 0 Å². The number of aromatic hydroxyl groups is 2. The van der Waals surface area contributed by atoms with Gasteiger partial charge in [-0.15, -0.1) is 0 Å². The Morgan fingerprint density at radius 1 is 0.897 bits per heavy atom. The van der Waals surface area contributed by atoms with Crippen molar-refractivity contribution in [1.29, 1.82) is 0 Å². The number of fused-ring (bicyclic) bond motifs is 2. The average molecular weight is 528 g/mol. The Bertz CT molecular complexity index is 1420. The number of nitrogen functional groups attached to an aromatic ring is 1. The maximum Gasteiger partial charge on any atom is 0.165 e. The van der Waals surface area contributed by atoms with Gasteiger partial charge in [0.25, 0.3) is 0 Å². The molecule has 1 aliphatic carbocycles. The third kappa shape index (κ3) is 5.09. The summed E-state index contributed by atoms with van der Waals surface area (Å²) in [5, 5.41) is 32.0. The van der Waals surface area contributed by atoms with Gasteiger partial charge in [0.1, 0.15) is 17.1 Å². The van der Waals surface area contributed by atoms with Crippen molar-refractivity contribution in [3.05, 3.63) is 76.3 Å². The van der Waals surface area contributed by atoms with Gasteiger partial charge in [-0.25, -0.2) is 0 Å². The summed E-state index contributed by atoms with van der Waals surface area (Å²) in [6.07, 6.45) is 9.18. The van der Waals surface area contributed by atoms with Gasteiger partial charge in [0.05, 0.1) is 18.8 Å². The maximum atomic E-state index is 10.7. The fourth-order valence-corrected chi connectivity index (χ4v) is 6.13. The van der Waals surface area contributed by atoms with Crippen molar-refractivity contribution in [2.24, 2.45) is 11.3 Å². The molecule has 1 fully saturated rings. The quantitative estimate of drug-likeness (QED) is 0.222. The molecule has 0 saturated heterocycles. The van der Waals surface area contributed by atoms with Gasteiger partial charge in [-0.1, -0.05) is 44.2 Å². The monoisotopic (exact) mass is 527 g/mol. The number of phenols is 2. The molecule has 0 radical (unpaired) electrons. The Morgan fingerprint density at radius 2 is 1.51 bits per heavy atom. The van der Waals surface area contributed by atoms with Crippen LogP contribution in [-0.4, -0.2) is 34.1 Å². The highest BCUT2D eigenvalue weighted by molar-refractivity contribution is 5.79. The first-order valence-electron chi connectivity index (χ1n) is 13.4. The summed E-state index contributed by atoms with van der Waals surface area (Å²) in [4.78, 5) is 0. The molecule has 6 heteroatoms. The van der Waals surface area contributed by atoms with E-state index in [1.165, 1.54) is 0 Å². The molecule has 5 rings (SSSR count). The number of aliphatic hydroxyl groups excluding tert-OH is 1. The molecule has 1 aliphatic heterocycles. The Morgan fingerprint density at radius 3 is 2.15 bits per heavy atom. The van der Waals surface area contributed by atoms with Gasteiger partial charge >= 0.3 is 0 Å². The number of anilines is 1. The number of methoxy groups -OCH3 is 1. The van der Waals surface area contributed by atoms with Crippen molar-refractivity contribution in [3.8, 4) is 23.0 Å². The van der Waals surface area contributed by atoms with Crippen LogP contribution in [0, 0.1) is 11.3 Å². The van der Waals surface area contributed by atoms with Gasteiger partial charge in [0, 0.05) is 11.6 Å². The number of benzene rings is 3. The van der Waals surface area contributed by atoms with E-state index in [0.717, 1.165) is 35.3 Å². The summed E-state index contributed by atoms with van der Waals surface area (Å²) < 4.78 is 12.3. The van der Waals surface area contributed by atoms with Crippen LogP contribution in [0.25, 0.3) is 24.3 Å². The number of aliphatic hydroxyl groups is 1. The number of hydrogen-bond donors (Lipinski definition) is 4. The molecule has 39 heavy (non-hydrogen) atoms. The zero-order chi connectivity index (χ0) is 27.9. The predicted octanol–water partition coefficient (Wildman–Crippen LogP) is 6.52. The molecule has 0 aromatic heterocycles. The van der Waals surface area contributed by atoms with Crippen LogP contribution in [0.15, 0.2) is 48.5 Å². The number of ether oxygens (including phenoxy) is 2. The lowest BCUT2D eigenvalue weighted by molar-refractivity contribution is -0.138. The molecule has 5 N–H and O–H groups in total. The third-order valence-electron chi connectivity index (χ3n) is 8.55. The molecule has 1 saturated carbocycles. The van der Waals surface area contributed by atoms with Crippen molar-refractivity contribution in [3.63, 3.8) is 0 Å². The van der Waals surface area contributed by atoms with Gasteiger partial charge in [0.15, 0.2) is 11.5 Å². The van der Waals surface area contributed by atoms with E-state index in [1.54, 1.807) is 37.5 Å². The Balaban J connectivity index is 1.41. The number of rotatable bonds is 5. The van der Waals surface area contributed by atoms with Crippen molar-refractivity contribution in [2.45, 2.75) is 51.7 Å². The largest absolute Gasteiger partial charge is 0.507 e. The number of hydrogen-bond acceptors (Lipinski definition) is 6. The van der Waals surface area contributed by atoms with E-state index < -0.39 is 0 Å². The topological polar surface area (TPSA) is 105 Å². The standard InChI is InChI=1S/C33H37NO5/c1-32(2)29-19-23-15-21(18-28(38-4)31(23)39-33(29,3)14-13-30(32)37)5-6-22-16-26(35)25(27(36)17-22)12-9-20-7-10-24(34)11-8-20/h5-12,15-18,29-30,35-37H,13-14,19,34H2,1-4H3/t29-,30-,33-/m1/s1. The smallest absolute Gasteiger partial charge is 0.165 e. The lowest BCUT2D eigenvalue weighted by Crippen LogP contribution is -2.58. The van der Waals surface area contributed by atoms with E-state index in [9.17, 15) is 15.3 Å². The lowest BCUT2D eigenvalue weighted by atomic mass is 9.57. The first kappa shape index (κ1) is 26.7. The van der Waals surface area contributed by atoms with Crippen LogP contribution in [0.3, 0.4) is 0 Å². The molecule has 1 heterocycles. The molecule has 3 atom stereocenters. The Kier molecular flexibility index (Phi) is 6.85. The molecular formula is C33H37NO5. The fourth-order valence-electron chi connectivity index (χ4n) is 6.13. The second-order valence-corrected chi connectivity index (χ2v) is 11.6. The van der Waals surface area contributed by atoms with Crippen molar-refractivity contribution in [2.75, 3.05) is 12.8 Å². The first-order valence-corrected chi connectivity index (χ1v) is 13.4. The van der Waals surface area contributed by atoms with E-state index in [2.05, 4.69) is 26.8 Å². The zero-order valence-corrected chi connectivity index (χ0v) is 22.9. The van der Waals surface area contributed by atoms with E-state index in [4.69, 9.17) is 15.2 Å². The minimum absolute atomic E-state index is 0.0184.